The summed E-state index contributed by atoms with van der Waals surface area (Å²) in [5.74, 6) is -1.10. The van der Waals surface area contributed by atoms with Gasteiger partial charge in [-0.1, -0.05) is 136 Å². The fourth-order valence-corrected chi connectivity index (χ4v) is 4.84. The highest BCUT2D eigenvalue weighted by atomic mass is 31.2. The Morgan fingerprint density at radius 3 is 1.68 bits per heavy atom. The minimum absolute atomic E-state index is 0.0577. The molecule has 0 aromatic heterocycles. The maximum atomic E-state index is 12.4. The molecule has 53 heavy (non-hydrogen) atoms. The van der Waals surface area contributed by atoms with Crippen molar-refractivity contribution in [2.75, 3.05) is 13.2 Å². The summed E-state index contributed by atoms with van der Waals surface area (Å²) in [5, 5.41) is 10.1. The molecule has 0 saturated carbocycles. The van der Waals surface area contributed by atoms with Crippen molar-refractivity contribution in [1.82, 2.24) is 0 Å². The average Bonchev–Trinajstić information content (AvgIpc) is 3.12. The van der Waals surface area contributed by atoms with E-state index in [1.165, 1.54) is 19.3 Å². The molecule has 0 radical (unpaired) electrons. The summed E-state index contributed by atoms with van der Waals surface area (Å²) in [6.45, 7) is 3.34. The molecule has 0 aliphatic rings. The fraction of sp³-hybridized carbons (Fsp3) is 0.535. The van der Waals surface area contributed by atoms with Gasteiger partial charge in [-0.25, -0.2) is 4.57 Å². The number of allylic oxidation sites excluding steroid dienone is 16. The van der Waals surface area contributed by atoms with Crippen LogP contribution in [-0.4, -0.2) is 52.3 Å². The van der Waals surface area contributed by atoms with E-state index in [1.54, 1.807) is 18.2 Å². The van der Waals surface area contributed by atoms with Crippen LogP contribution in [0.3, 0.4) is 0 Å². The first-order valence-corrected chi connectivity index (χ1v) is 20.8. The van der Waals surface area contributed by atoms with Crippen LogP contribution in [0.1, 0.15) is 123 Å². The molecular formula is C43H67O9P. The Balaban J connectivity index is 4.28. The molecule has 10 heteroatoms. The molecule has 0 saturated heterocycles. The molecule has 2 atom stereocenters. The average molecular weight is 759 g/mol. The number of aliphatic hydroxyl groups is 1. The SMILES string of the molecule is CC/C=C\C/C=C\C/C=C\C/C=C\C/C=C\CCCC(=O)OC[C@H](COP(=O)(O)O)OC(=O)CCC/C=C/C=C\C(O)C/C=C\C/C=C\CCCCC. The van der Waals surface area contributed by atoms with Gasteiger partial charge >= 0.3 is 19.8 Å². The van der Waals surface area contributed by atoms with Gasteiger partial charge in [0.25, 0.3) is 0 Å². The molecular weight excluding hydrogens is 691 g/mol. The van der Waals surface area contributed by atoms with Gasteiger partial charge in [0.05, 0.1) is 12.7 Å². The Morgan fingerprint density at radius 2 is 1.11 bits per heavy atom. The van der Waals surface area contributed by atoms with Crippen LogP contribution in [0.4, 0.5) is 0 Å². The van der Waals surface area contributed by atoms with Gasteiger partial charge in [-0.2, -0.15) is 0 Å². The second-order valence-electron chi connectivity index (χ2n) is 12.4. The first-order valence-electron chi connectivity index (χ1n) is 19.3. The lowest BCUT2D eigenvalue weighted by molar-refractivity contribution is -0.161. The van der Waals surface area contributed by atoms with Gasteiger partial charge in [-0.3, -0.25) is 14.1 Å². The first-order chi connectivity index (χ1) is 25.7. The van der Waals surface area contributed by atoms with E-state index in [-0.39, 0.29) is 19.4 Å². The predicted octanol–water partition coefficient (Wildman–Crippen LogP) is 10.6. The van der Waals surface area contributed by atoms with Gasteiger partial charge < -0.3 is 24.4 Å². The molecule has 1 unspecified atom stereocenters. The first kappa shape index (κ1) is 49.7. The lowest BCUT2D eigenvalue weighted by Gasteiger charge is -2.18. The van der Waals surface area contributed by atoms with Gasteiger partial charge in [0, 0.05) is 12.8 Å². The molecule has 0 fully saturated rings. The standard InChI is InChI=1S/C43H67O9P/c1-3-5-7-9-11-13-14-15-16-17-18-19-20-22-24-28-32-36-42(45)50-38-41(39-51-53(47,48)49)52-43(46)37-33-29-25-27-31-35-40(44)34-30-26-23-21-12-10-8-6-4-2/h5,7,11-13,15-16,18-19,21-22,24-27,30-31,35,40-41,44H,3-4,6,8-10,14,17,20,23,28-29,32-34,36-39H2,1-2H3,(H2,47,48,49)/b7-5-,13-11-,16-15-,19-18-,21-12-,24-22-,27-25+,30-26-,35-31-/t40?,41-/m1/s1. The van der Waals surface area contributed by atoms with Crippen LogP contribution in [0.25, 0.3) is 0 Å². The van der Waals surface area contributed by atoms with Crippen molar-refractivity contribution >= 4 is 19.8 Å². The Kier molecular flexibility index (Phi) is 34.7. The number of rotatable bonds is 33. The molecule has 0 spiro atoms. The van der Waals surface area contributed by atoms with Crippen molar-refractivity contribution in [3.8, 4) is 0 Å². The van der Waals surface area contributed by atoms with Crippen molar-refractivity contribution in [3.05, 3.63) is 109 Å². The minimum Gasteiger partial charge on any atom is -0.462 e. The number of phosphoric ester groups is 1. The monoisotopic (exact) mass is 758 g/mol. The number of carbonyl (C=O) groups excluding carboxylic acids is 2. The Hall–Kier alpha value is -3.33. The Morgan fingerprint density at radius 1 is 0.604 bits per heavy atom. The molecule has 0 rings (SSSR count). The molecule has 9 nitrogen and oxygen atoms in total. The summed E-state index contributed by atoms with van der Waals surface area (Å²) < 4.78 is 26.2. The smallest absolute Gasteiger partial charge is 0.462 e. The molecule has 3 N–H and O–H groups in total. The van der Waals surface area contributed by atoms with Crippen LogP contribution in [0.2, 0.25) is 0 Å². The summed E-state index contributed by atoms with van der Waals surface area (Å²) >= 11 is 0. The third-order valence-electron chi connectivity index (χ3n) is 7.36. The number of esters is 2. The van der Waals surface area contributed by atoms with Gasteiger partial charge in [0.1, 0.15) is 6.61 Å². The van der Waals surface area contributed by atoms with Crippen molar-refractivity contribution in [3.63, 3.8) is 0 Å². The zero-order valence-corrected chi connectivity index (χ0v) is 33.1. The second kappa shape index (κ2) is 37.0. The summed E-state index contributed by atoms with van der Waals surface area (Å²) in [4.78, 5) is 42.7. The van der Waals surface area contributed by atoms with Crippen molar-refractivity contribution in [2.24, 2.45) is 0 Å². The number of hydrogen-bond acceptors (Lipinski definition) is 7. The maximum Gasteiger partial charge on any atom is 0.469 e. The summed E-state index contributed by atoms with van der Waals surface area (Å²) in [6, 6.07) is 0. The number of phosphoric acid groups is 1. The summed E-state index contributed by atoms with van der Waals surface area (Å²) in [6.07, 6.45) is 48.4. The Bertz CT molecular complexity index is 1230. The Labute approximate surface area is 319 Å². The zero-order chi connectivity index (χ0) is 39.1. The number of unbranched alkanes of at least 4 members (excludes halogenated alkanes) is 5. The quantitative estimate of drug-likeness (QED) is 0.0196. The lowest BCUT2D eigenvalue weighted by atomic mass is 10.2. The normalized spacial score (nSPS) is 14.3. The van der Waals surface area contributed by atoms with E-state index >= 15 is 0 Å². The van der Waals surface area contributed by atoms with Gasteiger partial charge in [0.2, 0.25) is 0 Å². The minimum atomic E-state index is -4.81. The van der Waals surface area contributed by atoms with Crippen LogP contribution in [0.15, 0.2) is 109 Å². The molecule has 0 bridgehead atoms. The predicted molar refractivity (Wildman–Crippen MR) is 217 cm³/mol. The van der Waals surface area contributed by atoms with E-state index in [4.69, 9.17) is 19.3 Å². The van der Waals surface area contributed by atoms with E-state index in [2.05, 4.69) is 79.1 Å². The number of aliphatic hydroxyl groups excluding tert-OH is 1. The van der Waals surface area contributed by atoms with E-state index in [1.807, 2.05) is 30.4 Å². The highest BCUT2D eigenvalue weighted by Crippen LogP contribution is 2.35. The third-order valence-corrected chi connectivity index (χ3v) is 7.84. The molecule has 0 heterocycles. The largest absolute Gasteiger partial charge is 0.469 e. The molecule has 0 aliphatic carbocycles. The number of ether oxygens (including phenoxy) is 2. The number of carbonyl (C=O) groups is 2. The van der Waals surface area contributed by atoms with E-state index in [0.717, 1.165) is 44.9 Å². The third kappa shape index (κ3) is 39.7. The van der Waals surface area contributed by atoms with E-state index < -0.39 is 38.6 Å². The topological polar surface area (TPSA) is 140 Å². The lowest BCUT2D eigenvalue weighted by Crippen LogP contribution is -2.29. The maximum absolute atomic E-state index is 12.4. The van der Waals surface area contributed by atoms with Crippen LogP contribution in [0, 0.1) is 0 Å². The van der Waals surface area contributed by atoms with Crippen molar-refractivity contribution in [2.45, 2.75) is 135 Å². The summed E-state index contributed by atoms with van der Waals surface area (Å²) in [5.41, 5.74) is 0. The van der Waals surface area contributed by atoms with Crippen molar-refractivity contribution in [1.29, 1.82) is 0 Å². The zero-order valence-electron chi connectivity index (χ0n) is 32.2. The second-order valence-corrected chi connectivity index (χ2v) is 13.6. The van der Waals surface area contributed by atoms with Gasteiger partial charge in [-0.15, -0.1) is 0 Å². The van der Waals surface area contributed by atoms with Gasteiger partial charge in [0.15, 0.2) is 6.10 Å². The molecule has 0 aromatic rings. The number of hydrogen-bond donors (Lipinski definition) is 3. The highest BCUT2D eigenvalue weighted by molar-refractivity contribution is 7.46. The molecule has 298 valence electrons. The van der Waals surface area contributed by atoms with Gasteiger partial charge in [-0.05, 0) is 83.5 Å². The van der Waals surface area contributed by atoms with Crippen LogP contribution in [0.5, 0.6) is 0 Å². The summed E-state index contributed by atoms with van der Waals surface area (Å²) in [7, 11) is -4.81. The van der Waals surface area contributed by atoms with Crippen LogP contribution in [-0.2, 0) is 28.2 Å². The molecule has 0 aromatic carbocycles. The van der Waals surface area contributed by atoms with Crippen molar-refractivity contribution < 1.29 is 43.0 Å². The molecule has 0 amide bonds. The highest BCUT2D eigenvalue weighted by Gasteiger charge is 2.22. The van der Waals surface area contributed by atoms with Crippen LogP contribution < -0.4 is 0 Å². The fourth-order valence-electron chi connectivity index (χ4n) is 4.48. The van der Waals surface area contributed by atoms with E-state index in [9.17, 15) is 19.3 Å². The molecule has 0 aliphatic heterocycles. The van der Waals surface area contributed by atoms with E-state index in [0.29, 0.717) is 32.1 Å². The van der Waals surface area contributed by atoms with Crippen LogP contribution >= 0.6 is 7.82 Å².